The SMILES string of the molecule is CC(C)C[C@H](N)C(=O)N1CCC(N2CCCCCC2)CC1. The van der Waals surface area contributed by atoms with E-state index in [0.29, 0.717) is 12.0 Å². The first kappa shape index (κ1) is 16.8. The minimum atomic E-state index is -0.306. The van der Waals surface area contributed by atoms with Crippen LogP contribution in [0.15, 0.2) is 0 Å². The lowest BCUT2D eigenvalue weighted by molar-refractivity contribution is -0.134. The van der Waals surface area contributed by atoms with Crippen LogP contribution in [0.5, 0.6) is 0 Å². The number of piperidine rings is 1. The van der Waals surface area contributed by atoms with Crippen LogP contribution >= 0.6 is 0 Å². The Morgan fingerprint density at radius 1 is 1.05 bits per heavy atom. The first-order valence-corrected chi connectivity index (χ1v) is 8.86. The fourth-order valence-electron chi connectivity index (χ4n) is 3.75. The lowest BCUT2D eigenvalue weighted by Gasteiger charge is -2.39. The summed E-state index contributed by atoms with van der Waals surface area (Å²) in [5, 5.41) is 0. The predicted molar refractivity (Wildman–Crippen MR) is 87.1 cm³/mol. The van der Waals surface area contributed by atoms with Crippen LogP contribution in [0.25, 0.3) is 0 Å². The summed E-state index contributed by atoms with van der Waals surface area (Å²) in [5.74, 6) is 0.650. The largest absolute Gasteiger partial charge is 0.341 e. The highest BCUT2D eigenvalue weighted by Gasteiger charge is 2.29. The number of carbonyl (C=O) groups excluding carboxylic acids is 1. The van der Waals surface area contributed by atoms with E-state index >= 15 is 0 Å². The third-order valence-electron chi connectivity index (χ3n) is 4.98. The molecule has 2 N–H and O–H groups in total. The molecule has 0 radical (unpaired) electrons. The Bertz CT molecular complexity index is 316. The van der Waals surface area contributed by atoms with E-state index < -0.39 is 0 Å². The molecule has 122 valence electrons. The van der Waals surface area contributed by atoms with Gasteiger partial charge in [-0.15, -0.1) is 0 Å². The molecule has 0 bridgehead atoms. The van der Waals surface area contributed by atoms with Crippen LogP contribution < -0.4 is 5.73 Å². The second kappa shape index (κ2) is 8.14. The standard InChI is InChI=1S/C17H33N3O/c1-14(2)13-16(18)17(21)20-11-7-15(8-12-20)19-9-5-3-4-6-10-19/h14-16H,3-13,18H2,1-2H3/t16-/m0/s1. The maximum Gasteiger partial charge on any atom is 0.239 e. The smallest absolute Gasteiger partial charge is 0.239 e. The Kier molecular flexibility index (Phi) is 6.49. The Balaban J connectivity index is 1.78. The Morgan fingerprint density at radius 3 is 2.14 bits per heavy atom. The molecular weight excluding hydrogens is 262 g/mol. The van der Waals surface area contributed by atoms with Gasteiger partial charge in [-0.1, -0.05) is 26.7 Å². The number of rotatable bonds is 4. The summed E-state index contributed by atoms with van der Waals surface area (Å²) in [6, 6.07) is 0.383. The molecule has 0 aromatic rings. The summed E-state index contributed by atoms with van der Waals surface area (Å²) in [6.45, 7) is 8.55. The van der Waals surface area contributed by atoms with Crippen molar-refractivity contribution in [1.82, 2.24) is 9.80 Å². The third kappa shape index (κ3) is 4.96. The van der Waals surface area contributed by atoms with Gasteiger partial charge in [-0.05, 0) is 51.1 Å². The van der Waals surface area contributed by atoms with Crippen LogP contribution in [0.4, 0.5) is 0 Å². The van der Waals surface area contributed by atoms with Crippen LogP contribution in [0, 0.1) is 5.92 Å². The highest BCUT2D eigenvalue weighted by atomic mass is 16.2. The molecule has 0 aromatic heterocycles. The molecule has 2 aliphatic rings. The maximum absolute atomic E-state index is 12.4. The van der Waals surface area contributed by atoms with Crippen LogP contribution in [0.1, 0.15) is 58.8 Å². The molecule has 2 fully saturated rings. The number of hydrogen-bond donors (Lipinski definition) is 1. The van der Waals surface area contributed by atoms with E-state index in [9.17, 15) is 4.79 Å². The van der Waals surface area contributed by atoms with Crippen molar-refractivity contribution < 1.29 is 4.79 Å². The van der Waals surface area contributed by atoms with Crippen molar-refractivity contribution in [2.75, 3.05) is 26.2 Å². The lowest BCUT2D eigenvalue weighted by atomic mass is 9.99. The number of hydrogen-bond acceptors (Lipinski definition) is 3. The van der Waals surface area contributed by atoms with Gasteiger partial charge in [0.25, 0.3) is 0 Å². The predicted octanol–water partition coefficient (Wildman–Crippen LogP) is 2.23. The lowest BCUT2D eigenvalue weighted by Crippen LogP contribution is -2.51. The summed E-state index contributed by atoms with van der Waals surface area (Å²) in [4.78, 5) is 17.0. The average molecular weight is 295 g/mol. The van der Waals surface area contributed by atoms with Gasteiger partial charge in [0.1, 0.15) is 0 Å². The van der Waals surface area contributed by atoms with Crippen molar-refractivity contribution >= 4 is 5.91 Å². The molecule has 2 aliphatic heterocycles. The molecule has 1 atom stereocenters. The summed E-state index contributed by atoms with van der Waals surface area (Å²) in [7, 11) is 0. The van der Waals surface area contributed by atoms with Gasteiger partial charge in [0, 0.05) is 19.1 Å². The number of likely N-dealkylation sites (tertiary alicyclic amines) is 2. The Labute approximate surface area is 130 Å². The zero-order valence-corrected chi connectivity index (χ0v) is 13.9. The molecular formula is C17H33N3O. The average Bonchev–Trinajstić information content (AvgIpc) is 2.75. The zero-order chi connectivity index (χ0) is 15.2. The number of nitrogens with two attached hydrogens (primary N) is 1. The molecule has 1 amide bonds. The van der Waals surface area contributed by atoms with Gasteiger partial charge in [0.2, 0.25) is 5.91 Å². The summed E-state index contributed by atoms with van der Waals surface area (Å²) in [5.41, 5.74) is 6.05. The summed E-state index contributed by atoms with van der Waals surface area (Å²) >= 11 is 0. The Morgan fingerprint density at radius 2 is 1.62 bits per heavy atom. The fraction of sp³-hybridized carbons (Fsp3) is 0.941. The van der Waals surface area contributed by atoms with Gasteiger partial charge in [-0.3, -0.25) is 4.79 Å². The van der Waals surface area contributed by atoms with Gasteiger partial charge < -0.3 is 15.5 Å². The second-order valence-electron chi connectivity index (χ2n) is 7.24. The maximum atomic E-state index is 12.4. The van der Waals surface area contributed by atoms with E-state index in [1.54, 1.807) is 0 Å². The topological polar surface area (TPSA) is 49.6 Å². The van der Waals surface area contributed by atoms with Crippen LogP contribution in [0.2, 0.25) is 0 Å². The quantitative estimate of drug-likeness (QED) is 0.865. The Hall–Kier alpha value is -0.610. The van der Waals surface area contributed by atoms with Gasteiger partial charge in [0.05, 0.1) is 6.04 Å². The van der Waals surface area contributed by atoms with Gasteiger partial charge >= 0.3 is 0 Å². The molecule has 0 saturated carbocycles. The van der Waals surface area contributed by atoms with E-state index in [0.717, 1.165) is 32.4 Å². The van der Waals surface area contributed by atoms with Gasteiger partial charge in [0.15, 0.2) is 0 Å². The summed E-state index contributed by atoms with van der Waals surface area (Å²) < 4.78 is 0. The first-order chi connectivity index (χ1) is 10.1. The van der Waals surface area contributed by atoms with Gasteiger partial charge in [-0.25, -0.2) is 0 Å². The molecule has 2 saturated heterocycles. The highest BCUT2D eigenvalue weighted by Crippen LogP contribution is 2.21. The van der Waals surface area contributed by atoms with E-state index in [-0.39, 0.29) is 11.9 Å². The summed E-state index contributed by atoms with van der Waals surface area (Å²) in [6.07, 6.45) is 8.51. The van der Waals surface area contributed by atoms with E-state index in [1.807, 2.05) is 4.90 Å². The van der Waals surface area contributed by atoms with Crippen molar-refractivity contribution in [3.8, 4) is 0 Å². The van der Waals surface area contributed by atoms with E-state index in [1.165, 1.54) is 38.8 Å². The first-order valence-electron chi connectivity index (χ1n) is 8.86. The van der Waals surface area contributed by atoms with Crippen LogP contribution in [0.3, 0.4) is 0 Å². The normalized spacial score (nSPS) is 24.1. The van der Waals surface area contributed by atoms with Gasteiger partial charge in [-0.2, -0.15) is 0 Å². The monoisotopic (exact) mass is 295 g/mol. The van der Waals surface area contributed by atoms with Crippen molar-refractivity contribution in [3.05, 3.63) is 0 Å². The molecule has 2 rings (SSSR count). The van der Waals surface area contributed by atoms with Crippen molar-refractivity contribution in [2.45, 2.75) is 70.9 Å². The minimum Gasteiger partial charge on any atom is -0.341 e. The van der Waals surface area contributed by atoms with Crippen molar-refractivity contribution in [3.63, 3.8) is 0 Å². The third-order valence-corrected chi connectivity index (χ3v) is 4.98. The number of carbonyl (C=O) groups is 1. The molecule has 2 heterocycles. The van der Waals surface area contributed by atoms with Crippen LogP contribution in [-0.2, 0) is 4.79 Å². The van der Waals surface area contributed by atoms with E-state index in [4.69, 9.17) is 5.73 Å². The molecule has 4 nitrogen and oxygen atoms in total. The molecule has 0 spiro atoms. The highest BCUT2D eigenvalue weighted by molar-refractivity contribution is 5.81. The molecule has 0 unspecified atom stereocenters. The van der Waals surface area contributed by atoms with Crippen molar-refractivity contribution in [2.24, 2.45) is 11.7 Å². The zero-order valence-electron chi connectivity index (χ0n) is 13.9. The fourth-order valence-corrected chi connectivity index (χ4v) is 3.75. The number of nitrogens with zero attached hydrogens (tertiary/aromatic N) is 2. The van der Waals surface area contributed by atoms with Crippen molar-refractivity contribution in [1.29, 1.82) is 0 Å². The molecule has 21 heavy (non-hydrogen) atoms. The molecule has 4 heteroatoms. The molecule has 0 aromatic carbocycles. The van der Waals surface area contributed by atoms with E-state index in [2.05, 4.69) is 18.7 Å². The number of amides is 1. The minimum absolute atomic E-state index is 0.165. The molecule has 0 aliphatic carbocycles. The second-order valence-corrected chi connectivity index (χ2v) is 7.24. The van der Waals surface area contributed by atoms with Crippen LogP contribution in [-0.4, -0.2) is 54.0 Å².